The number of hydrogen-bond acceptors (Lipinski definition) is 2. The van der Waals surface area contributed by atoms with Crippen LogP contribution in [0.1, 0.15) is 25.0 Å². The van der Waals surface area contributed by atoms with Crippen molar-refractivity contribution >= 4 is 5.69 Å². The summed E-state index contributed by atoms with van der Waals surface area (Å²) < 4.78 is 1.82. The standard InChI is InChI=1S/C10H14N2O/c11-8-5-6-10(13)12-7-3-1-2-4-9(8)12/h5-6H,1-4,7,11H2. The van der Waals surface area contributed by atoms with Crippen LogP contribution in [0.25, 0.3) is 0 Å². The van der Waals surface area contributed by atoms with Gasteiger partial charge in [-0.1, -0.05) is 6.42 Å². The van der Waals surface area contributed by atoms with Gasteiger partial charge in [0.2, 0.25) is 0 Å². The molecule has 3 heteroatoms. The van der Waals surface area contributed by atoms with Crippen molar-refractivity contribution in [3.8, 4) is 0 Å². The Morgan fingerprint density at radius 1 is 1.23 bits per heavy atom. The van der Waals surface area contributed by atoms with Crippen molar-refractivity contribution in [2.24, 2.45) is 0 Å². The van der Waals surface area contributed by atoms with Crippen molar-refractivity contribution < 1.29 is 0 Å². The van der Waals surface area contributed by atoms with Crippen molar-refractivity contribution in [1.29, 1.82) is 0 Å². The Labute approximate surface area is 77.2 Å². The highest BCUT2D eigenvalue weighted by Crippen LogP contribution is 2.17. The molecule has 0 radical (unpaired) electrons. The molecule has 0 amide bonds. The third kappa shape index (κ3) is 1.46. The van der Waals surface area contributed by atoms with Crippen LogP contribution in [0.2, 0.25) is 0 Å². The van der Waals surface area contributed by atoms with Gasteiger partial charge in [0.15, 0.2) is 0 Å². The van der Waals surface area contributed by atoms with Gasteiger partial charge in [0.05, 0.1) is 5.69 Å². The van der Waals surface area contributed by atoms with Crippen LogP contribution in [0.15, 0.2) is 16.9 Å². The average Bonchev–Trinajstić information content (AvgIpc) is 2.37. The summed E-state index contributed by atoms with van der Waals surface area (Å²) in [6.07, 6.45) is 4.38. The monoisotopic (exact) mass is 178 g/mol. The van der Waals surface area contributed by atoms with Crippen LogP contribution in [-0.2, 0) is 13.0 Å². The maximum absolute atomic E-state index is 11.5. The molecule has 70 valence electrons. The first kappa shape index (κ1) is 8.35. The fourth-order valence-corrected chi connectivity index (χ4v) is 1.90. The molecular formula is C10H14N2O. The van der Waals surface area contributed by atoms with Gasteiger partial charge in [-0.3, -0.25) is 4.79 Å². The number of nitrogens with zero attached hydrogens (tertiary/aromatic N) is 1. The van der Waals surface area contributed by atoms with E-state index < -0.39 is 0 Å². The van der Waals surface area contributed by atoms with E-state index in [0.717, 1.165) is 37.2 Å². The first-order chi connectivity index (χ1) is 6.29. The molecule has 0 saturated heterocycles. The van der Waals surface area contributed by atoms with Crippen LogP contribution in [0.5, 0.6) is 0 Å². The summed E-state index contributed by atoms with van der Waals surface area (Å²) in [5, 5.41) is 0. The minimum atomic E-state index is 0.0890. The van der Waals surface area contributed by atoms with E-state index in [4.69, 9.17) is 5.73 Å². The van der Waals surface area contributed by atoms with Gasteiger partial charge in [-0.05, 0) is 25.3 Å². The van der Waals surface area contributed by atoms with Gasteiger partial charge in [0.25, 0.3) is 5.56 Å². The largest absolute Gasteiger partial charge is 0.397 e. The third-order valence-electron chi connectivity index (χ3n) is 2.63. The molecule has 0 spiro atoms. The molecule has 0 bridgehead atoms. The van der Waals surface area contributed by atoms with E-state index in [2.05, 4.69) is 0 Å². The fraction of sp³-hybridized carbons (Fsp3) is 0.500. The van der Waals surface area contributed by atoms with E-state index in [0.29, 0.717) is 0 Å². The molecule has 0 atom stereocenters. The Balaban J connectivity index is 2.57. The molecule has 0 fully saturated rings. The summed E-state index contributed by atoms with van der Waals surface area (Å²) in [4.78, 5) is 11.5. The molecule has 3 nitrogen and oxygen atoms in total. The van der Waals surface area contributed by atoms with Gasteiger partial charge in [0.1, 0.15) is 0 Å². The van der Waals surface area contributed by atoms with Crippen LogP contribution in [-0.4, -0.2) is 4.57 Å². The van der Waals surface area contributed by atoms with Gasteiger partial charge in [0, 0.05) is 18.3 Å². The van der Waals surface area contributed by atoms with E-state index in [-0.39, 0.29) is 5.56 Å². The minimum absolute atomic E-state index is 0.0890. The predicted molar refractivity (Wildman–Crippen MR) is 52.7 cm³/mol. The molecule has 1 aliphatic rings. The Hall–Kier alpha value is -1.25. The lowest BCUT2D eigenvalue weighted by Gasteiger charge is -2.10. The average molecular weight is 178 g/mol. The molecule has 13 heavy (non-hydrogen) atoms. The molecule has 0 aromatic carbocycles. The smallest absolute Gasteiger partial charge is 0.250 e. The first-order valence-corrected chi connectivity index (χ1v) is 4.77. The van der Waals surface area contributed by atoms with Crippen LogP contribution in [0.3, 0.4) is 0 Å². The van der Waals surface area contributed by atoms with E-state index in [1.165, 1.54) is 6.42 Å². The predicted octanol–water partition coefficient (Wildman–Crippen LogP) is 1.16. The first-order valence-electron chi connectivity index (χ1n) is 4.77. The fourth-order valence-electron chi connectivity index (χ4n) is 1.90. The number of fused-ring (bicyclic) bond motifs is 1. The van der Waals surface area contributed by atoms with Crippen molar-refractivity contribution in [2.45, 2.75) is 32.2 Å². The number of anilines is 1. The van der Waals surface area contributed by atoms with Crippen molar-refractivity contribution in [2.75, 3.05) is 5.73 Å². The Bertz CT molecular complexity index is 368. The molecule has 1 aromatic heterocycles. The van der Waals surface area contributed by atoms with Crippen LogP contribution in [0, 0.1) is 0 Å². The Kier molecular flexibility index (Phi) is 2.08. The maximum Gasteiger partial charge on any atom is 0.250 e. The van der Waals surface area contributed by atoms with Crippen LogP contribution >= 0.6 is 0 Å². The van der Waals surface area contributed by atoms with E-state index >= 15 is 0 Å². The van der Waals surface area contributed by atoms with Crippen molar-refractivity contribution in [3.05, 3.63) is 28.2 Å². The van der Waals surface area contributed by atoms with E-state index in [9.17, 15) is 4.79 Å². The van der Waals surface area contributed by atoms with E-state index in [1.807, 2.05) is 4.57 Å². The zero-order chi connectivity index (χ0) is 9.26. The number of rotatable bonds is 0. The molecule has 0 saturated carbocycles. The minimum Gasteiger partial charge on any atom is -0.397 e. The number of hydrogen-bond donors (Lipinski definition) is 1. The zero-order valence-electron chi connectivity index (χ0n) is 7.62. The molecule has 0 aliphatic carbocycles. The number of aromatic nitrogens is 1. The van der Waals surface area contributed by atoms with Gasteiger partial charge in [-0.2, -0.15) is 0 Å². The highest BCUT2D eigenvalue weighted by molar-refractivity contribution is 5.43. The molecule has 1 aromatic rings. The van der Waals surface area contributed by atoms with Crippen molar-refractivity contribution in [3.63, 3.8) is 0 Å². The number of nitrogen functional groups attached to an aromatic ring is 1. The SMILES string of the molecule is Nc1ccc(=O)n2c1CCCCC2. The molecule has 2 heterocycles. The third-order valence-corrected chi connectivity index (χ3v) is 2.63. The van der Waals surface area contributed by atoms with Gasteiger partial charge >= 0.3 is 0 Å². The van der Waals surface area contributed by atoms with Crippen LogP contribution < -0.4 is 11.3 Å². The summed E-state index contributed by atoms with van der Waals surface area (Å²) in [7, 11) is 0. The second kappa shape index (κ2) is 3.24. The van der Waals surface area contributed by atoms with Crippen molar-refractivity contribution in [1.82, 2.24) is 4.57 Å². The second-order valence-electron chi connectivity index (χ2n) is 3.54. The summed E-state index contributed by atoms with van der Waals surface area (Å²) in [5.41, 5.74) is 7.71. The summed E-state index contributed by atoms with van der Waals surface area (Å²) in [6, 6.07) is 3.28. The van der Waals surface area contributed by atoms with E-state index in [1.54, 1.807) is 12.1 Å². The second-order valence-corrected chi connectivity index (χ2v) is 3.54. The highest BCUT2D eigenvalue weighted by Gasteiger charge is 2.10. The Morgan fingerprint density at radius 3 is 2.92 bits per heavy atom. The summed E-state index contributed by atoms with van der Waals surface area (Å²) in [6.45, 7) is 0.833. The number of nitrogens with two attached hydrogens (primary N) is 1. The lowest BCUT2D eigenvalue weighted by Crippen LogP contribution is -2.22. The Morgan fingerprint density at radius 2 is 2.08 bits per heavy atom. The maximum atomic E-state index is 11.5. The lowest BCUT2D eigenvalue weighted by atomic mass is 10.1. The number of pyridine rings is 1. The summed E-state index contributed by atoms with van der Waals surface area (Å²) >= 11 is 0. The molecule has 2 rings (SSSR count). The normalized spacial score (nSPS) is 16.3. The van der Waals surface area contributed by atoms with Gasteiger partial charge in [-0.15, -0.1) is 0 Å². The zero-order valence-corrected chi connectivity index (χ0v) is 7.62. The molecule has 2 N–H and O–H groups in total. The molecular weight excluding hydrogens is 164 g/mol. The van der Waals surface area contributed by atoms with Gasteiger partial charge < -0.3 is 10.3 Å². The molecule has 1 aliphatic heterocycles. The van der Waals surface area contributed by atoms with Gasteiger partial charge in [-0.25, -0.2) is 0 Å². The highest BCUT2D eigenvalue weighted by atomic mass is 16.1. The quantitative estimate of drug-likeness (QED) is 0.648. The van der Waals surface area contributed by atoms with Crippen LogP contribution in [0.4, 0.5) is 5.69 Å². The topological polar surface area (TPSA) is 48.0 Å². The summed E-state index contributed by atoms with van der Waals surface area (Å²) in [5.74, 6) is 0. The lowest BCUT2D eigenvalue weighted by molar-refractivity contribution is 0.618. The molecule has 0 unspecified atom stereocenters.